The Kier molecular flexibility index (Phi) is 3.25. The smallest absolute Gasteiger partial charge is 0.340 e. The topological polar surface area (TPSA) is 43.4 Å². The third-order valence-corrected chi connectivity index (χ3v) is 4.17. The van der Waals surface area contributed by atoms with Crippen molar-refractivity contribution in [1.29, 1.82) is 0 Å². The number of fused-ring (bicyclic) bond motifs is 1. The van der Waals surface area contributed by atoms with Crippen LogP contribution in [0.3, 0.4) is 0 Å². The molecule has 0 unspecified atom stereocenters. The van der Waals surface area contributed by atoms with Gasteiger partial charge in [-0.1, -0.05) is 6.07 Å². The van der Waals surface area contributed by atoms with Gasteiger partial charge in [0.05, 0.1) is 17.6 Å². The minimum absolute atomic E-state index is 0.377. The van der Waals surface area contributed by atoms with Gasteiger partial charge in [-0.25, -0.2) is 4.79 Å². The molecule has 0 aliphatic rings. The number of rotatable bonds is 2. The zero-order valence-corrected chi connectivity index (χ0v) is 11.3. The molecular weight excluding hydrogens is 339 g/mol. The number of thiophene rings is 1. The fourth-order valence-electron chi connectivity index (χ4n) is 1.51. The molecule has 0 spiro atoms. The highest BCUT2D eigenvalue weighted by atomic mass is 127. The van der Waals surface area contributed by atoms with Crippen LogP contribution in [0.1, 0.15) is 20.0 Å². The standard InChI is InChI=1S/C11H7IO3S/c1-15-11(14)10-8(5-13)16-7-4-2-3-6(12)9(7)10/h2-5H,1H3. The molecule has 0 atom stereocenters. The van der Waals surface area contributed by atoms with Gasteiger partial charge in [0.15, 0.2) is 6.29 Å². The van der Waals surface area contributed by atoms with Gasteiger partial charge < -0.3 is 4.74 Å². The summed E-state index contributed by atoms with van der Waals surface area (Å²) in [6.45, 7) is 0. The summed E-state index contributed by atoms with van der Waals surface area (Å²) in [6.07, 6.45) is 0.701. The lowest BCUT2D eigenvalue weighted by atomic mass is 10.1. The average Bonchev–Trinajstić information content (AvgIpc) is 2.68. The molecule has 2 rings (SSSR count). The van der Waals surface area contributed by atoms with E-state index in [0.717, 1.165) is 13.7 Å². The van der Waals surface area contributed by atoms with Crippen molar-refractivity contribution in [1.82, 2.24) is 0 Å². The molecule has 0 amide bonds. The van der Waals surface area contributed by atoms with Gasteiger partial charge in [0.25, 0.3) is 0 Å². The Morgan fingerprint density at radius 3 is 2.88 bits per heavy atom. The van der Waals surface area contributed by atoms with Gasteiger partial charge in [-0.2, -0.15) is 0 Å². The van der Waals surface area contributed by atoms with Crippen LogP contribution in [0.25, 0.3) is 10.1 Å². The summed E-state index contributed by atoms with van der Waals surface area (Å²) in [5.41, 5.74) is 0.377. The number of halogens is 1. The van der Waals surface area contributed by atoms with Crippen LogP contribution in [0, 0.1) is 3.57 Å². The quantitative estimate of drug-likeness (QED) is 0.477. The molecule has 5 heteroatoms. The Hall–Kier alpha value is -0.950. The fraction of sp³-hybridized carbons (Fsp3) is 0.0909. The van der Waals surface area contributed by atoms with Crippen molar-refractivity contribution in [3.05, 3.63) is 32.2 Å². The summed E-state index contributed by atoms with van der Waals surface area (Å²) in [6, 6.07) is 5.69. The highest BCUT2D eigenvalue weighted by Crippen LogP contribution is 2.33. The molecule has 0 fully saturated rings. The Balaban J connectivity index is 2.86. The molecule has 0 N–H and O–H groups in total. The monoisotopic (exact) mass is 346 g/mol. The zero-order valence-electron chi connectivity index (χ0n) is 8.32. The van der Waals surface area contributed by atoms with Crippen LogP contribution in [0.4, 0.5) is 0 Å². The van der Waals surface area contributed by atoms with E-state index in [4.69, 9.17) is 4.74 Å². The molecular formula is C11H7IO3S. The summed E-state index contributed by atoms with van der Waals surface area (Å²) in [4.78, 5) is 23.0. The second-order valence-electron chi connectivity index (χ2n) is 3.06. The predicted molar refractivity (Wildman–Crippen MR) is 71.3 cm³/mol. The molecule has 2 aromatic rings. The fourth-order valence-corrected chi connectivity index (χ4v) is 3.50. The van der Waals surface area contributed by atoms with Crippen molar-refractivity contribution in [2.24, 2.45) is 0 Å². The van der Waals surface area contributed by atoms with Crippen LogP contribution in [-0.4, -0.2) is 19.4 Å². The Morgan fingerprint density at radius 1 is 1.50 bits per heavy atom. The van der Waals surface area contributed by atoms with Crippen LogP contribution in [-0.2, 0) is 4.74 Å². The molecule has 0 saturated heterocycles. The molecule has 0 radical (unpaired) electrons. The van der Waals surface area contributed by atoms with Gasteiger partial charge in [-0.15, -0.1) is 11.3 Å². The average molecular weight is 346 g/mol. The van der Waals surface area contributed by atoms with E-state index in [0.29, 0.717) is 16.7 Å². The van der Waals surface area contributed by atoms with Crippen LogP contribution < -0.4 is 0 Å². The number of benzene rings is 1. The molecule has 0 aliphatic carbocycles. The van der Waals surface area contributed by atoms with E-state index in [1.165, 1.54) is 18.4 Å². The third-order valence-electron chi connectivity index (χ3n) is 2.19. The third kappa shape index (κ3) is 1.73. The molecule has 82 valence electrons. The molecule has 1 aromatic heterocycles. The normalized spacial score (nSPS) is 10.4. The first-order valence-electron chi connectivity index (χ1n) is 4.43. The number of methoxy groups -OCH3 is 1. The van der Waals surface area contributed by atoms with E-state index in [9.17, 15) is 9.59 Å². The SMILES string of the molecule is COC(=O)c1c(C=O)sc2cccc(I)c12. The second-order valence-corrected chi connectivity index (χ2v) is 5.31. The maximum Gasteiger partial charge on any atom is 0.340 e. The number of hydrogen-bond donors (Lipinski definition) is 0. The number of esters is 1. The summed E-state index contributed by atoms with van der Waals surface area (Å²) in [7, 11) is 1.32. The minimum atomic E-state index is -0.461. The van der Waals surface area contributed by atoms with Crippen molar-refractivity contribution in [3.63, 3.8) is 0 Å². The van der Waals surface area contributed by atoms with Crippen LogP contribution in [0.2, 0.25) is 0 Å². The largest absolute Gasteiger partial charge is 0.465 e. The Morgan fingerprint density at radius 2 is 2.25 bits per heavy atom. The lowest BCUT2D eigenvalue weighted by Gasteiger charge is -1.99. The van der Waals surface area contributed by atoms with E-state index in [2.05, 4.69) is 22.6 Å². The van der Waals surface area contributed by atoms with Crippen molar-refractivity contribution >= 4 is 56.3 Å². The number of carbonyl (C=O) groups is 2. The number of carbonyl (C=O) groups excluding carboxylic acids is 2. The van der Waals surface area contributed by atoms with E-state index in [1.54, 1.807) is 0 Å². The van der Waals surface area contributed by atoms with Gasteiger partial charge in [-0.3, -0.25) is 4.79 Å². The first-order chi connectivity index (χ1) is 7.69. The predicted octanol–water partition coefficient (Wildman–Crippen LogP) is 3.11. The highest BCUT2D eigenvalue weighted by molar-refractivity contribution is 14.1. The summed E-state index contributed by atoms with van der Waals surface area (Å²) < 4.78 is 6.58. The molecule has 0 bridgehead atoms. The number of hydrogen-bond acceptors (Lipinski definition) is 4. The van der Waals surface area contributed by atoms with E-state index in [1.807, 2.05) is 18.2 Å². The van der Waals surface area contributed by atoms with Gasteiger partial charge in [-0.05, 0) is 34.7 Å². The lowest BCUT2D eigenvalue weighted by Crippen LogP contribution is -2.03. The highest BCUT2D eigenvalue weighted by Gasteiger charge is 2.20. The van der Waals surface area contributed by atoms with Gasteiger partial charge in [0.2, 0.25) is 0 Å². The number of aldehydes is 1. The lowest BCUT2D eigenvalue weighted by molar-refractivity contribution is 0.0601. The molecule has 3 nitrogen and oxygen atoms in total. The second kappa shape index (κ2) is 4.50. The van der Waals surface area contributed by atoms with Crippen molar-refractivity contribution < 1.29 is 14.3 Å². The van der Waals surface area contributed by atoms with Gasteiger partial charge in [0, 0.05) is 13.7 Å². The summed E-state index contributed by atoms with van der Waals surface area (Å²) >= 11 is 3.45. The van der Waals surface area contributed by atoms with E-state index >= 15 is 0 Å². The van der Waals surface area contributed by atoms with E-state index < -0.39 is 5.97 Å². The molecule has 0 saturated carbocycles. The maximum absolute atomic E-state index is 11.6. The van der Waals surface area contributed by atoms with Crippen molar-refractivity contribution in [3.8, 4) is 0 Å². The molecule has 16 heavy (non-hydrogen) atoms. The van der Waals surface area contributed by atoms with Crippen LogP contribution in [0.5, 0.6) is 0 Å². The Bertz CT molecular complexity index is 574. The van der Waals surface area contributed by atoms with Crippen LogP contribution in [0.15, 0.2) is 18.2 Å². The van der Waals surface area contributed by atoms with Crippen molar-refractivity contribution in [2.45, 2.75) is 0 Å². The number of ether oxygens (including phenoxy) is 1. The molecule has 1 aromatic carbocycles. The van der Waals surface area contributed by atoms with Crippen LogP contribution >= 0.6 is 33.9 Å². The van der Waals surface area contributed by atoms with Gasteiger partial charge >= 0.3 is 5.97 Å². The summed E-state index contributed by atoms with van der Waals surface area (Å²) in [5.74, 6) is -0.461. The molecule has 1 heterocycles. The maximum atomic E-state index is 11.6. The first kappa shape index (κ1) is 11.5. The van der Waals surface area contributed by atoms with E-state index in [-0.39, 0.29) is 0 Å². The zero-order chi connectivity index (χ0) is 11.7. The van der Waals surface area contributed by atoms with Gasteiger partial charge in [0.1, 0.15) is 0 Å². The Labute approximate surface area is 110 Å². The van der Waals surface area contributed by atoms with Crippen molar-refractivity contribution in [2.75, 3.05) is 7.11 Å². The minimum Gasteiger partial charge on any atom is -0.465 e. The summed E-state index contributed by atoms with van der Waals surface area (Å²) in [5, 5.41) is 0.807. The first-order valence-corrected chi connectivity index (χ1v) is 6.33. The molecule has 0 aliphatic heterocycles.